The van der Waals surface area contributed by atoms with Crippen LogP contribution >= 0.6 is 34.8 Å². The van der Waals surface area contributed by atoms with E-state index < -0.39 is 27.5 Å². The van der Waals surface area contributed by atoms with Crippen LogP contribution in [0.5, 0.6) is 5.75 Å². The molecule has 3 aromatic rings. The van der Waals surface area contributed by atoms with Crippen molar-refractivity contribution in [3.63, 3.8) is 0 Å². The van der Waals surface area contributed by atoms with E-state index in [4.69, 9.17) is 34.8 Å². The van der Waals surface area contributed by atoms with Gasteiger partial charge >= 0.3 is 0 Å². The number of aromatic nitrogens is 1. The fraction of sp³-hybridized carbons (Fsp3) is 0.0500. The number of alkyl halides is 2. The molecule has 3 rings (SSSR count). The largest absolute Gasteiger partial charge is 0.505 e. The SMILES string of the molecule is N#Cc1c(O)c(C(=O)C(Cl)Cl)c(=O)n(-c2ccc(Cl)cc2)c1-c1ccccc1. The van der Waals surface area contributed by atoms with Crippen molar-refractivity contribution >= 4 is 40.6 Å². The molecule has 0 unspecified atom stereocenters. The van der Waals surface area contributed by atoms with Crippen LogP contribution in [0.25, 0.3) is 16.9 Å². The van der Waals surface area contributed by atoms with Crippen molar-refractivity contribution < 1.29 is 9.90 Å². The molecular formula is C20H11Cl3N2O3. The van der Waals surface area contributed by atoms with Crippen LogP contribution in [0.1, 0.15) is 15.9 Å². The molecule has 5 nitrogen and oxygen atoms in total. The second-order valence-electron chi connectivity index (χ2n) is 5.71. The van der Waals surface area contributed by atoms with Gasteiger partial charge in [0.1, 0.15) is 17.2 Å². The standard InChI is InChI=1S/C20H11Cl3N2O3/c21-12-6-8-13(9-7-12)25-16(11-4-2-1-3-5-11)14(10-24)17(26)15(20(25)28)18(27)19(22)23/h1-9,19,26H. The Hall–Kier alpha value is -2.78. The number of hydrogen-bond acceptors (Lipinski definition) is 4. The lowest BCUT2D eigenvalue weighted by molar-refractivity contribution is 0.100. The third kappa shape index (κ3) is 3.50. The Morgan fingerprint density at radius 3 is 2.21 bits per heavy atom. The molecule has 1 aromatic heterocycles. The van der Waals surface area contributed by atoms with E-state index in [1.807, 2.05) is 6.07 Å². The third-order valence-electron chi connectivity index (χ3n) is 4.04. The van der Waals surface area contributed by atoms with Gasteiger partial charge in [-0.3, -0.25) is 14.2 Å². The quantitative estimate of drug-likeness (QED) is 0.476. The van der Waals surface area contributed by atoms with Gasteiger partial charge in [-0.1, -0.05) is 65.1 Å². The topological polar surface area (TPSA) is 83.1 Å². The smallest absolute Gasteiger partial charge is 0.270 e. The number of ketones is 1. The van der Waals surface area contributed by atoms with Crippen molar-refractivity contribution in [1.82, 2.24) is 4.57 Å². The lowest BCUT2D eigenvalue weighted by atomic mass is 10.0. The fourth-order valence-corrected chi connectivity index (χ4v) is 3.15. The van der Waals surface area contributed by atoms with Crippen LogP contribution in [0.2, 0.25) is 5.02 Å². The Morgan fingerprint density at radius 2 is 1.68 bits per heavy atom. The van der Waals surface area contributed by atoms with Gasteiger partial charge in [-0.05, 0) is 24.3 Å². The first-order chi connectivity index (χ1) is 13.4. The summed E-state index contributed by atoms with van der Waals surface area (Å²) >= 11 is 17.2. The molecule has 2 aromatic carbocycles. The normalized spacial score (nSPS) is 10.7. The number of pyridine rings is 1. The minimum Gasteiger partial charge on any atom is -0.505 e. The highest BCUT2D eigenvalue weighted by atomic mass is 35.5. The summed E-state index contributed by atoms with van der Waals surface area (Å²) in [5, 5.41) is 20.7. The number of halogens is 3. The van der Waals surface area contributed by atoms with E-state index in [9.17, 15) is 20.0 Å². The molecule has 1 N–H and O–H groups in total. The van der Waals surface area contributed by atoms with Gasteiger partial charge in [0.15, 0.2) is 10.6 Å². The molecule has 0 aliphatic carbocycles. The molecule has 0 aliphatic rings. The van der Waals surface area contributed by atoms with Crippen LogP contribution in [0.15, 0.2) is 59.4 Å². The Labute approximate surface area is 174 Å². The lowest BCUT2D eigenvalue weighted by Gasteiger charge is -2.18. The molecule has 0 radical (unpaired) electrons. The number of aromatic hydroxyl groups is 1. The number of carbonyl (C=O) groups excluding carboxylic acids is 1. The zero-order valence-electron chi connectivity index (χ0n) is 14.1. The average molecular weight is 434 g/mol. The number of rotatable bonds is 4. The molecule has 28 heavy (non-hydrogen) atoms. The molecular weight excluding hydrogens is 423 g/mol. The molecule has 1 heterocycles. The van der Waals surface area contributed by atoms with Gasteiger partial charge in [0.25, 0.3) is 5.56 Å². The number of carbonyl (C=O) groups is 1. The number of benzene rings is 2. The zero-order valence-corrected chi connectivity index (χ0v) is 16.3. The molecule has 8 heteroatoms. The molecule has 0 saturated carbocycles. The maximum atomic E-state index is 13.2. The first-order valence-corrected chi connectivity index (χ1v) is 9.17. The Morgan fingerprint density at radius 1 is 1.07 bits per heavy atom. The molecule has 0 saturated heterocycles. The van der Waals surface area contributed by atoms with Gasteiger partial charge in [-0.15, -0.1) is 0 Å². The Bertz CT molecular complexity index is 1150. The minimum absolute atomic E-state index is 0.130. The zero-order chi connectivity index (χ0) is 20.4. The summed E-state index contributed by atoms with van der Waals surface area (Å²) in [5.74, 6) is -1.75. The predicted octanol–water partition coefficient (Wildman–Crippen LogP) is 4.72. The Kier molecular flexibility index (Phi) is 5.76. The fourth-order valence-electron chi connectivity index (χ4n) is 2.81. The maximum Gasteiger partial charge on any atom is 0.270 e. The van der Waals surface area contributed by atoms with Gasteiger partial charge < -0.3 is 5.11 Å². The molecule has 0 bridgehead atoms. The number of nitriles is 1. The summed E-state index contributed by atoms with van der Waals surface area (Å²) in [5.41, 5.74) is -0.786. The summed E-state index contributed by atoms with van der Waals surface area (Å²) in [4.78, 5) is 24.0. The highest BCUT2D eigenvalue weighted by Crippen LogP contribution is 2.33. The van der Waals surface area contributed by atoms with E-state index >= 15 is 0 Å². The second-order valence-corrected chi connectivity index (χ2v) is 7.24. The van der Waals surface area contributed by atoms with E-state index in [0.717, 1.165) is 4.57 Å². The van der Waals surface area contributed by atoms with Crippen LogP contribution in [0, 0.1) is 11.3 Å². The first-order valence-electron chi connectivity index (χ1n) is 7.92. The van der Waals surface area contributed by atoms with Gasteiger partial charge in [0.2, 0.25) is 5.78 Å². The molecule has 0 amide bonds. The number of hydrogen-bond donors (Lipinski definition) is 1. The van der Waals surface area contributed by atoms with Crippen LogP contribution in [-0.4, -0.2) is 20.3 Å². The van der Waals surface area contributed by atoms with Crippen molar-refractivity contribution in [3.05, 3.63) is 81.1 Å². The van der Waals surface area contributed by atoms with Gasteiger partial charge in [-0.25, -0.2) is 0 Å². The van der Waals surface area contributed by atoms with Crippen LogP contribution in [-0.2, 0) is 0 Å². The van der Waals surface area contributed by atoms with Crippen LogP contribution in [0.3, 0.4) is 0 Å². The number of nitrogens with zero attached hydrogens (tertiary/aromatic N) is 2. The monoisotopic (exact) mass is 432 g/mol. The first kappa shape index (κ1) is 20.0. The highest BCUT2D eigenvalue weighted by Gasteiger charge is 2.30. The molecule has 0 atom stereocenters. The molecule has 140 valence electrons. The van der Waals surface area contributed by atoms with Crippen molar-refractivity contribution in [2.75, 3.05) is 0 Å². The molecule has 0 fully saturated rings. The second kappa shape index (κ2) is 8.07. The van der Waals surface area contributed by atoms with E-state index in [1.165, 1.54) is 0 Å². The third-order valence-corrected chi connectivity index (χ3v) is 4.69. The summed E-state index contributed by atoms with van der Waals surface area (Å²) < 4.78 is 1.16. The van der Waals surface area contributed by atoms with Gasteiger partial charge in [0.05, 0.1) is 5.69 Å². The van der Waals surface area contributed by atoms with Crippen molar-refractivity contribution in [2.24, 2.45) is 0 Å². The van der Waals surface area contributed by atoms with Crippen molar-refractivity contribution in [1.29, 1.82) is 5.26 Å². The summed E-state index contributed by atoms with van der Waals surface area (Å²) in [6, 6.07) is 16.7. The maximum absolute atomic E-state index is 13.2. The van der Waals surface area contributed by atoms with Crippen molar-refractivity contribution in [3.8, 4) is 28.8 Å². The van der Waals surface area contributed by atoms with Gasteiger partial charge in [-0.2, -0.15) is 5.26 Å². The predicted molar refractivity (Wildman–Crippen MR) is 109 cm³/mol. The van der Waals surface area contributed by atoms with Crippen LogP contribution in [0.4, 0.5) is 0 Å². The van der Waals surface area contributed by atoms with Crippen LogP contribution < -0.4 is 5.56 Å². The molecule has 0 aliphatic heterocycles. The van der Waals surface area contributed by atoms with Crippen molar-refractivity contribution in [2.45, 2.75) is 4.84 Å². The minimum atomic E-state index is -1.58. The van der Waals surface area contributed by atoms with E-state index in [-0.39, 0.29) is 11.3 Å². The van der Waals surface area contributed by atoms with E-state index in [0.29, 0.717) is 16.3 Å². The average Bonchev–Trinajstić information content (AvgIpc) is 2.69. The summed E-state index contributed by atoms with van der Waals surface area (Å²) in [6.45, 7) is 0. The van der Waals surface area contributed by atoms with E-state index in [1.54, 1.807) is 54.6 Å². The summed E-state index contributed by atoms with van der Waals surface area (Å²) in [7, 11) is 0. The van der Waals surface area contributed by atoms with Gasteiger partial charge in [0, 0.05) is 16.3 Å². The molecule has 0 spiro atoms. The Balaban J connectivity index is 2.52. The van der Waals surface area contributed by atoms with E-state index in [2.05, 4.69) is 0 Å². The lowest BCUT2D eigenvalue weighted by Crippen LogP contribution is -2.29. The number of Topliss-reactive ketones (excluding diaryl/α,β-unsaturated/α-hetero) is 1. The summed E-state index contributed by atoms with van der Waals surface area (Å²) in [6.07, 6.45) is 0. The highest BCUT2D eigenvalue weighted by molar-refractivity contribution is 6.55.